The summed E-state index contributed by atoms with van der Waals surface area (Å²) in [4.78, 5) is 7.13. The van der Waals surface area contributed by atoms with E-state index in [4.69, 9.17) is 0 Å². The monoisotopic (exact) mass is 315 g/mol. The SMILES string of the molecule is CNc1nc2sccn2c1S(=O)(=O)N1CCN(C)CC1. The third-order valence-electron chi connectivity index (χ3n) is 3.50. The van der Waals surface area contributed by atoms with Crippen molar-refractivity contribution in [2.45, 2.75) is 5.03 Å². The fourth-order valence-electron chi connectivity index (χ4n) is 2.33. The molecular formula is C11H17N5O2S2. The zero-order valence-electron chi connectivity index (χ0n) is 11.4. The van der Waals surface area contributed by atoms with Crippen LogP contribution in [0.1, 0.15) is 0 Å². The molecule has 9 heteroatoms. The lowest BCUT2D eigenvalue weighted by Crippen LogP contribution is -2.47. The third kappa shape index (κ3) is 2.10. The Bertz CT molecular complexity index is 712. The van der Waals surface area contributed by atoms with Crippen LogP contribution in [-0.4, -0.2) is 67.3 Å². The molecule has 1 saturated heterocycles. The number of imidazole rings is 1. The van der Waals surface area contributed by atoms with Gasteiger partial charge >= 0.3 is 0 Å². The lowest BCUT2D eigenvalue weighted by Gasteiger charge is -2.31. The van der Waals surface area contributed by atoms with Crippen molar-refractivity contribution < 1.29 is 8.42 Å². The van der Waals surface area contributed by atoms with Crippen LogP contribution < -0.4 is 5.32 Å². The normalized spacial score (nSPS) is 18.7. The number of sulfonamides is 1. The molecule has 20 heavy (non-hydrogen) atoms. The van der Waals surface area contributed by atoms with E-state index >= 15 is 0 Å². The second kappa shape index (κ2) is 4.99. The van der Waals surface area contributed by atoms with Crippen LogP contribution in [0.3, 0.4) is 0 Å². The number of rotatable bonds is 3. The number of nitrogens with zero attached hydrogens (tertiary/aromatic N) is 4. The summed E-state index contributed by atoms with van der Waals surface area (Å²) in [5.41, 5.74) is 0. The van der Waals surface area contributed by atoms with E-state index in [0.29, 0.717) is 23.9 Å². The van der Waals surface area contributed by atoms with E-state index in [1.807, 2.05) is 12.4 Å². The number of hydrogen-bond acceptors (Lipinski definition) is 6. The van der Waals surface area contributed by atoms with E-state index in [-0.39, 0.29) is 5.03 Å². The molecule has 1 N–H and O–H groups in total. The molecule has 7 nitrogen and oxygen atoms in total. The quantitative estimate of drug-likeness (QED) is 0.886. The van der Waals surface area contributed by atoms with E-state index in [2.05, 4.69) is 15.2 Å². The van der Waals surface area contributed by atoms with Crippen molar-refractivity contribution in [1.29, 1.82) is 0 Å². The molecule has 0 unspecified atom stereocenters. The summed E-state index contributed by atoms with van der Waals surface area (Å²) in [6, 6.07) is 0. The molecule has 3 rings (SSSR count). The van der Waals surface area contributed by atoms with Gasteiger partial charge in [-0.3, -0.25) is 4.40 Å². The summed E-state index contributed by atoms with van der Waals surface area (Å²) in [7, 11) is 0.159. The molecule has 3 heterocycles. The van der Waals surface area contributed by atoms with E-state index < -0.39 is 10.0 Å². The minimum absolute atomic E-state index is 0.237. The molecule has 1 aliphatic heterocycles. The van der Waals surface area contributed by atoms with Crippen LogP contribution in [0.25, 0.3) is 4.96 Å². The Morgan fingerprint density at radius 3 is 2.65 bits per heavy atom. The van der Waals surface area contributed by atoms with Gasteiger partial charge in [-0.25, -0.2) is 13.4 Å². The van der Waals surface area contributed by atoms with E-state index in [9.17, 15) is 8.42 Å². The largest absolute Gasteiger partial charge is 0.371 e. The van der Waals surface area contributed by atoms with Gasteiger partial charge in [0.1, 0.15) is 0 Å². The van der Waals surface area contributed by atoms with Crippen LogP contribution in [0.4, 0.5) is 5.82 Å². The highest BCUT2D eigenvalue weighted by Gasteiger charge is 2.33. The van der Waals surface area contributed by atoms with Gasteiger partial charge in [0.25, 0.3) is 10.0 Å². The van der Waals surface area contributed by atoms with Crippen molar-refractivity contribution >= 4 is 32.1 Å². The summed E-state index contributed by atoms with van der Waals surface area (Å²) in [5.74, 6) is 0.413. The van der Waals surface area contributed by atoms with Gasteiger partial charge in [0.05, 0.1) is 0 Å². The summed E-state index contributed by atoms with van der Waals surface area (Å²) in [6.07, 6.45) is 1.75. The Labute approximate surface area is 121 Å². The highest BCUT2D eigenvalue weighted by molar-refractivity contribution is 7.89. The Morgan fingerprint density at radius 1 is 1.30 bits per heavy atom. The first kappa shape index (κ1) is 13.8. The summed E-state index contributed by atoms with van der Waals surface area (Å²) in [5, 5.41) is 4.96. The van der Waals surface area contributed by atoms with Gasteiger partial charge in [0.2, 0.25) is 0 Å². The topological polar surface area (TPSA) is 70.0 Å². The predicted molar refractivity (Wildman–Crippen MR) is 78.9 cm³/mol. The average Bonchev–Trinajstić information content (AvgIpc) is 2.98. The van der Waals surface area contributed by atoms with Gasteiger partial charge < -0.3 is 10.2 Å². The molecular weight excluding hydrogens is 298 g/mol. The van der Waals surface area contributed by atoms with Crippen molar-refractivity contribution in [3.63, 3.8) is 0 Å². The first-order valence-corrected chi connectivity index (χ1v) is 8.68. The van der Waals surface area contributed by atoms with E-state index in [1.54, 1.807) is 17.6 Å². The van der Waals surface area contributed by atoms with Crippen molar-refractivity contribution in [2.75, 3.05) is 45.6 Å². The highest BCUT2D eigenvalue weighted by atomic mass is 32.2. The molecule has 2 aromatic heterocycles. The molecule has 0 amide bonds. The van der Waals surface area contributed by atoms with Gasteiger partial charge in [-0.1, -0.05) is 0 Å². The summed E-state index contributed by atoms with van der Waals surface area (Å²) < 4.78 is 28.9. The van der Waals surface area contributed by atoms with E-state index in [1.165, 1.54) is 15.6 Å². The zero-order valence-corrected chi connectivity index (χ0v) is 13.0. The molecule has 0 spiro atoms. The lowest BCUT2D eigenvalue weighted by molar-refractivity contribution is 0.222. The fraction of sp³-hybridized carbons (Fsp3) is 0.545. The van der Waals surface area contributed by atoms with Gasteiger partial charge in [-0.2, -0.15) is 4.31 Å². The summed E-state index contributed by atoms with van der Waals surface area (Å²) in [6.45, 7) is 2.53. The molecule has 0 atom stereocenters. The molecule has 110 valence electrons. The third-order valence-corrected chi connectivity index (χ3v) is 6.18. The van der Waals surface area contributed by atoms with Gasteiger partial charge in [0.15, 0.2) is 15.8 Å². The second-order valence-corrected chi connectivity index (χ2v) is 7.50. The molecule has 0 radical (unpaired) electrons. The molecule has 0 aliphatic carbocycles. The molecule has 2 aromatic rings. The van der Waals surface area contributed by atoms with Crippen LogP contribution in [0, 0.1) is 0 Å². The Kier molecular flexibility index (Phi) is 3.44. The smallest absolute Gasteiger partial charge is 0.262 e. The standard InChI is InChI=1S/C11H17N5O2S2/c1-12-9-10(16-7-8-19-11(16)13-9)20(17,18)15-5-3-14(2)4-6-15/h7-8,12H,3-6H2,1-2H3. The maximum absolute atomic E-state index is 12.9. The number of nitrogens with one attached hydrogen (secondary N) is 1. The molecule has 0 bridgehead atoms. The average molecular weight is 315 g/mol. The maximum Gasteiger partial charge on any atom is 0.262 e. The van der Waals surface area contributed by atoms with Crippen molar-refractivity contribution in [1.82, 2.24) is 18.6 Å². The van der Waals surface area contributed by atoms with Crippen LogP contribution in [0.2, 0.25) is 0 Å². The van der Waals surface area contributed by atoms with E-state index in [0.717, 1.165) is 13.1 Å². The Balaban J connectivity index is 2.06. The van der Waals surface area contributed by atoms with Crippen molar-refractivity contribution in [3.8, 4) is 0 Å². The molecule has 1 fully saturated rings. The van der Waals surface area contributed by atoms with Crippen LogP contribution in [0.15, 0.2) is 16.6 Å². The highest BCUT2D eigenvalue weighted by Crippen LogP contribution is 2.28. The van der Waals surface area contributed by atoms with Crippen molar-refractivity contribution in [2.24, 2.45) is 0 Å². The van der Waals surface area contributed by atoms with Gasteiger partial charge in [-0.05, 0) is 7.05 Å². The lowest BCUT2D eigenvalue weighted by atomic mass is 10.4. The first-order valence-electron chi connectivity index (χ1n) is 6.36. The zero-order chi connectivity index (χ0) is 14.3. The number of aromatic nitrogens is 2. The van der Waals surface area contributed by atoms with Crippen LogP contribution in [0.5, 0.6) is 0 Å². The minimum Gasteiger partial charge on any atom is -0.371 e. The maximum atomic E-state index is 12.9. The number of hydrogen-bond donors (Lipinski definition) is 1. The van der Waals surface area contributed by atoms with Crippen molar-refractivity contribution in [3.05, 3.63) is 11.6 Å². The number of thiazole rings is 1. The minimum atomic E-state index is -3.53. The summed E-state index contributed by atoms with van der Waals surface area (Å²) >= 11 is 1.42. The Morgan fingerprint density at radius 2 is 2.00 bits per heavy atom. The number of fused-ring (bicyclic) bond motifs is 1. The molecule has 1 aliphatic rings. The number of anilines is 1. The van der Waals surface area contributed by atoms with Gasteiger partial charge in [-0.15, -0.1) is 11.3 Å². The second-order valence-electron chi connectivity index (χ2n) is 4.78. The first-order chi connectivity index (χ1) is 9.54. The van der Waals surface area contributed by atoms with Crippen LogP contribution in [-0.2, 0) is 10.0 Å². The van der Waals surface area contributed by atoms with Crippen LogP contribution >= 0.6 is 11.3 Å². The predicted octanol–water partition coefficient (Wildman–Crippen LogP) is 0.374. The molecule has 0 saturated carbocycles. The number of piperazine rings is 1. The van der Waals surface area contributed by atoms with Gasteiger partial charge in [0, 0.05) is 44.8 Å². The molecule has 0 aromatic carbocycles. The fourth-order valence-corrected chi connectivity index (χ4v) is 4.77. The number of likely N-dealkylation sites (N-methyl/N-ethyl adjacent to an activating group) is 1. The Hall–Kier alpha value is -1.16.